The minimum absolute atomic E-state index is 0.0879. The number of amides is 1. The highest BCUT2D eigenvalue weighted by Crippen LogP contribution is 2.10. The van der Waals surface area contributed by atoms with Crippen molar-refractivity contribution >= 4 is 23.3 Å². The summed E-state index contributed by atoms with van der Waals surface area (Å²) in [6.45, 7) is 2.60. The van der Waals surface area contributed by atoms with E-state index in [2.05, 4.69) is 15.3 Å². The van der Waals surface area contributed by atoms with Gasteiger partial charge in [0, 0.05) is 12.5 Å². The first-order chi connectivity index (χ1) is 7.61. The normalized spacial score (nSPS) is 12.2. The summed E-state index contributed by atoms with van der Waals surface area (Å²) in [7, 11) is 0. The molecular weight excluding hydrogens is 228 g/mol. The summed E-state index contributed by atoms with van der Waals surface area (Å²) >= 11 is 5.66. The molecule has 1 rings (SSSR count). The number of carbonyl (C=O) groups excluding carboxylic acids is 1. The fraction of sp³-hybridized carbons (Fsp3) is 0.500. The Hall–Kier alpha value is -1.20. The van der Waals surface area contributed by atoms with E-state index in [1.54, 1.807) is 0 Å². The van der Waals surface area contributed by atoms with Crippen molar-refractivity contribution in [1.82, 2.24) is 9.97 Å². The summed E-state index contributed by atoms with van der Waals surface area (Å²) in [5, 5.41) is 2.95. The molecule has 6 heteroatoms. The maximum atomic E-state index is 11.5. The lowest BCUT2D eigenvalue weighted by molar-refractivity contribution is -0.116. The molecule has 0 aromatic carbocycles. The highest BCUT2D eigenvalue weighted by molar-refractivity contribution is 6.29. The van der Waals surface area contributed by atoms with E-state index in [1.165, 1.54) is 12.4 Å². The van der Waals surface area contributed by atoms with E-state index in [1.807, 2.05) is 6.92 Å². The average Bonchev–Trinajstić information content (AvgIpc) is 2.26. The third-order valence-corrected chi connectivity index (χ3v) is 2.37. The smallest absolute Gasteiger partial charge is 0.225 e. The third-order valence-electron chi connectivity index (χ3n) is 2.17. The van der Waals surface area contributed by atoms with Gasteiger partial charge in [0.15, 0.2) is 0 Å². The number of carbonyl (C=O) groups is 1. The van der Waals surface area contributed by atoms with Gasteiger partial charge in [0.25, 0.3) is 0 Å². The molecule has 1 amide bonds. The Bertz CT molecular complexity index is 358. The van der Waals surface area contributed by atoms with Crippen molar-refractivity contribution < 1.29 is 4.79 Å². The Morgan fingerprint density at radius 1 is 1.62 bits per heavy atom. The molecule has 0 aliphatic heterocycles. The van der Waals surface area contributed by atoms with Crippen molar-refractivity contribution in [1.29, 1.82) is 0 Å². The molecular formula is C10H15ClN4O. The van der Waals surface area contributed by atoms with Crippen molar-refractivity contribution in [2.45, 2.75) is 19.8 Å². The van der Waals surface area contributed by atoms with Crippen LogP contribution in [-0.4, -0.2) is 22.4 Å². The summed E-state index contributed by atoms with van der Waals surface area (Å²) in [4.78, 5) is 19.1. The van der Waals surface area contributed by atoms with Crippen LogP contribution in [0.2, 0.25) is 5.15 Å². The highest BCUT2D eigenvalue weighted by Gasteiger charge is 2.06. The fourth-order valence-corrected chi connectivity index (χ4v) is 1.25. The lowest BCUT2D eigenvalue weighted by atomic mass is 10.1. The van der Waals surface area contributed by atoms with Gasteiger partial charge in [-0.3, -0.25) is 4.79 Å². The van der Waals surface area contributed by atoms with E-state index in [4.69, 9.17) is 17.3 Å². The highest BCUT2D eigenvalue weighted by atomic mass is 35.5. The zero-order chi connectivity index (χ0) is 12.0. The number of rotatable bonds is 5. The summed E-state index contributed by atoms with van der Waals surface area (Å²) in [5.74, 6) is 0.681. The number of hydrogen-bond acceptors (Lipinski definition) is 4. The second-order valence-corrected chi connectivity index (χ2v) is 4.04. The molecule has 0 bridgehead atoms. The maximum Gasteiger partial charge on any atom is 0.225 e. The van der Waals surface area contributed by atoms with Gasteiger partial charge in [0.05, 0.1) is 0 Å². The number of anilines is 1. The number of hydrogen-bond donors (Lipinski definition) is 2. The summed E-state index contributed by atoms with van der Waals surface area (Å²) < 4.78 is 0. The zero-order valence-electron chi connectivity index (χ0n) is 9.11. The molecule has 1 aromatic rings. The Kier molecular flexibility index (Phi) is 5.14. The molecule has 5 nitrogen and oxygen atoms in total. The molecule has 0 aliphatic carbocycles. The first kappa shape index (κ1) is 12.9. The fourth-order valence-electron chi connectivity index (χ4n) is 1.10. The van der Waals surface area contributed by atoms with Gasteiger partial charge in [0.2, 0.25) is 5.91 Å². The van der Waals surface area contributed by atoms with Crippen molar-refractivity contribution in [3.63, 3.8) is 0 Å². The molecule has 1 atom stereocenters. The Morgan fingerprint density at radius 3 is 3.00 bits per heavy atom. The lowest BCUT2D eigenvalue weighted by Gasteiger charge is -2.08. The average molecular weight is 243 g/mol. The van der Waals surface area contributed by atoms with E-state index < -0.39 is 0 Å². The summed E-state index contributed by atoms with van der Waals surface area (Å²) in [6, 6.07) is 1.51. The van der Waals surface area contributed by atoms with Crippen molar-refractivity contribution in [3.8, 4) is 0 Å². The molecule has 1 heterocycles. The lowest BCUT2D eigenvalue weighted by Crippen LogP contribution is -2.16. The molecule has 0 fully saturated rings. The van der Waals surface area contributed by atoms with Crippen molar-refractivity contribution in [2.24, 2.45) is 11.7 Å². The monoisotopic (exact) mass is 242 g/mol. The number of nitrogens with two attached hydrogens (primary N) is 1. The standard InChI is InChI=1S/C10H15ClN4O/c1-7(5-12)2-3-10(16)15-9-4-8(11)13-6-14-9/h4,6-7H,2-3,5,12H2,1H3,(H,13,14,15,16). The number of nitrogens with one attached hydrogen (secondary N) is 1. The molecule has 0 spiro atoms. The minimum atomic E-state index is -0.0879. The molecule has 1 unspecified atom stereocenters. The molecule has 0 radical (unpaired) electrons. The first-order valence-corrected chi connectivity index (χ1v) is 5.47. The molecule has 3 N–H and O–H groups in total. The first-order valence-electron chi connectivity index (χ1n) is 5.09. The van der Waals surface area contributed by atoms with Gasteiger partial charge in [-0.15, -0.1) is 0 Å². The Morgan fingerprint density at radius 2 is 2.38 bits per heavy atom. The Balaban J connectivity index is 2.40. The number of halogens is 1. The third kappa shape index (κ3) is 4.55. The Labute approximate surface area is 99.4 Å². The summed E-state index contributed by atoms with van der Waals surface area (Å²) in [6.07, 6.45) is 2.50. The predicted molar refractivity (Wildman–Crippen MR) is 63.1 cm³/mol. The van der Waals surface area contributed by atoms with Crippen LogP contribution in [0.3, 0.4) is 0 Å². The zero-order valence-corrected chi connectivity index (χ0v) is 9.87. The van der Waals surface area contributed by atoms with E-state index in [0.717, 1.165) is 6.42 Å². The van der Waals surface area contributed by atoms with Gasteiger partial charge in [-0.05, 0) is 18.9 Å². The van der Waals surface area contributed by atoms with Gasteiger partial charge in [-0.1, -0.05) is 18.5 Å². The van der Waals surface area contributed by atoms with Crippen LogP contribution in [0.25, 0.3) is 0 Å². The van der Waals surface area contributed by atoms with Crippen LogP contribution in [0.5, 0.6) is 0 Å². The van der Waals surface area contributed by atoms with E-state index in [-0.39, 0.29) is 5.91 Å². The largest absolute Gasteiger partial charge is 0.330 e. The van der Waals surface area contributed by atoms with Crippen LogP contribution >= 0.6 is 11.6 Å². The van der Waals surface area contributed by atoms with Crippen LogP contribution in [0.15, 0.2) is 12.4 Å². The van der Waals surface area contributed by atoms with Crippen LogP contribution in [0, 0.1) is 5.92 Å². The van der Waals surface area contributed by atoms with Crippen molar-refractivity contribution in [3.05, 3.63) is 17.5 Å². The van der Waals surface area contributed by atoms with E-state index in [0.29, 0.717) is 29.9 Å². The number of nitrogens with zero attached hydrogens (tertiary/aromatic N) is 2. The van der Waals surface area contributed by atoms with Crippen LogP contribution in [0.1, 0.15) is 19.8 Å². The molecule has 88 valence electrons. The van der Waals surface area contributed by atoms with Crippen LogP contribution in [-0.2, 0) is 4.79 Å². The summed E-state index contributed by atoms with van der Waals surface area (Å²) in [5.41, 5.74) is 5.46. The second-order valence-electron chi connectivity index (χ2n) is 3.65. The molecule has 0 saturated carbocycles. The van der Waals surface area contributed by atoms with E-state index in [9.17, 15) is 4.79 Å². The minimum Gasteiger partial charge on any atom is -0.330 e. The molecule has 0 aliphatic rings. The molecule has 16 heavy (non-hydrogen) atoms. The van der Waals surface area contributed by atoms with Gasteiger partial charge in [-0.25, -0.2) is 9.97 Å². The second kappa shape index (κ2) is 6.40. The SMILES string of the molecule is CC(CN)CCC(=O)Nc1cc(Cl)ncn1. The quantitative estimate of drug-likeness (QED) is 0.766. The van der Waals surface area contributed by atoms with Gasteiger partial charge in [-0.2, -0.15) is 0 Å². The van der Waals surface area contributed by atoms with Gasteiger partial charge >= 0.3 is 0 Å². The van der Waals surface area contributed by atoms with Gasteiger partial charge in [0.1, 0.15) is 17.3 Å². The topological polar surface area (TPSA) is 80.9 Å². The van der Waals surface area contributed by atoms with Crippen LogP contribution < -0.4 is 11.1 Å². The molecule has 0 saturated heterocycles. The molecule has 1 aromatic heterocycles. The van der Waals surface area contributed by atoms with Gasteiger partial charge < -0.3 is 11.1 Å². The predicted octanol–water partition coefficient (Wildman–Crippen LogP) is 1.44. The van der Waals surface area contributed by atoms with Crippen LogP contribution in [0.4, 0.5) is 5.82 Å². The number of aromatic nitrogens is 2. The van der Waals surface area contributed by atoms with Crippen molar-refractivity contribution in [2.75, 3.05) is 11.9 Å². The maximum absolute atomic E-state index is 11.5. The van der Waals surface area contributed by atoms with E-state index >= 15 is 0 Å².